The van der Waals surface area contributed by atoms with Crippen molar-refractivity contribution in [2.24, 2.45) is 0 Å². The van der Waals surface area contributed by atoms with E-state index in [1.807, 2.05) is 54.6 Å². The van der Waals surface area contributed by atoms with Gasteiger partial charge in [-0.25, -0.2) is 0 Å². The fraction of sp³-hybridized carbons (Fsp3) is 0.278. The van der Waals surface area contributed by atoms with E-state index >= 15 is 0 Å². The van der Waals surface area contributed by atoms with Gasteiger partial charge in [0.15, 0.2) is 0 Å². The van der Waals surface area contributed by atoms with Crippen molar-refractivity contribution in [3.05, 3.63) is 65.7 Å². The van der Waals surface area contributed by atoms with Gasteiger partial charge in [0.05, 0.1) is 19.1 Å². The molecule has 3 heteroatoms. The molecule has 1 unspecified atom stereocenters. The zero-order valence-electron chi connectivity index (χ0n) is 12.4. The minimum Gasteiger partial charge on any atom is -0.496 e. The molecule has 0 saturated carbocycles. The maximum atomic E-state index is 9.35. The van der Waals surface area contributed by atoms with Gasteiger partial charge in [-0.2, -0.15) is 5.26 Å². The Morgan fingerprint density at radius 2 is 1.76 bits per heavy atom. The van der Waals surface area contributed by atoms with Crippen LogP contribution in [0, 0.1) is 11.3 Å². The van der Waals surface area contributed by atoms with Crippen LogP contribution in [0.2, 0.25) is 0 Å². The molecule has 0 amide bonds. The van der Waals surface area contributed by atoms with Gasteiger partial charge < -0.3 is 10.1 Å². The van der Waals surface area contributed by atoms with E-state index in [4.69, 9.17) is 4.74 Å². The summed E-state index contributed by atoms with van der Waals surface area (Å²) in [7, 11) is 1.67. The third-order valence-corrected chi connectivity index (χ3v) is 3.59. The number of ether oxygens (including phenoxy) is 1. The Balaban J connectivity index is 2.03. The first-order chi connectivity index (χ1) is 10.3. The Kier molecular flexibility index (Phi) is 5.36. The highest BCUT2D eigenvalue weighted by Gasteiger charge is 2.14. The number of benzene rings is 2. The first kappa shape index (κ1) is 15.1. The standard InChI is InChI=1S/C18H20N2O/c1-14(17-10-6-7-11-18(17)21-2)20-13-16(12-19)15-8-4-3-5-9-15/h3-11,14,16,20H,13H2,1-2H3/t14-,16?/m1/s1. The van der Waals surface area contributed by atoms with Crippen LogP contribution >= 0.6 is 0 Å². The molecule has 3 nitrogen and oxygen atoms in total. The lowest BCUT2D eigenvalue weighted by atomic mass is 9.99. The van der Waals surface area contributed by atoms with Crippen LogP contribution in [0.5, 0.6) is 5.75 Å². The van der Waals surface area contributed by atoms with Crippen LogP contribution < -0.4 is 10.1 Å². The molecule has 0 spiro atoms. The van der Waals surface area contributed by atoms with Crippen LogP contribution in [0.1, 0.15) is 30.0 Å². The molecule has 0 saturated heterocycles. The summed E-state index contributed by atoms with van der Waals surface area (Å²) in [6.45, 7) is 2.69. The Hall–Kier alpha value is -2.31. The van der Waals surface area contributed by atoms with E-state index in [9.17, 15) is 5.26 Å². The molecule has 21 heavy (non-hydrogen) atoms. The van der Waals surface area contributed by atoms with Crippen molar-refractivity contribution in [3.8, 4) is 11.8 Å². The molecule has 0 fully saturated rings. The van der Waals surface area contributed by atoms with Crippen LogP contribution in [0.4, 0.5) is 0 Å². The molecule has 2 aromatic rings. The van der Waals surface area contributed by atoms with E-state index in [1.54, 1.807) is 7.11 Å². The van der Waals surface area contributed by atoms with Gasteiger partial charge in [0.2, 0.25) is 0 Å². The molecule has 0 aliphatic rings. The van der Waals surface area contributed by atoms with Crippen LogP contribution in [0.15, 0.2) is 54.6 Å². The van der Waals surface area contributed by atoms with E-state index in [-0.39, 0.29) is 12.0 Å². The van der Waals surface area contributed by atoms with E-state index in [1.165, 1.54) is 0 Å². The lowest BCUT2D eigenvalue weighted by molar-refractivity contribution is 0.401. The zero-order valence-corrected chi connectivity index (χ0v) is 12.4. The summed E-state index contributed by atoms with van der Waals surface area (Å²) < 4.78 is 5.38. The van der Waals surface area contributed by atoms with Crippen molar-refractivity contribution < 1.29 is 4.74 Å². The lowest BCUT2D eigenvalue weighted by Crippen LogP contribution is -2.24. The summed E-state index contributed by atoms with van der Waals surface area (Å²) in [5.41, 5.74) is 2.14. The third kappa shape index (κ3) is 3.84. The number of hydrogen-bond donors (Lipinski definition) is 1. The second-order valence-corrected chi connectivity index (χ2v) is 4.96. The average Bonchev–Trinajstić information content (AvgIpc) is 2.56. The molecule has 1 N–H and O–H groups in total. The SMILES string of the molecule is COc1ccccc1[C@@H](C)NCC(C#N)c1ccccc1. The number of rotatable bonds is 6. The number of nitrogens with zero attached hydrogens (tertiary/aromatic N) is 1. The molecule has 2 atom stereocenters. The van der Waals surface area contributed by atoms with Crippen molar-refractivity contribution in [2.75, 3.05) is 13.7 Å². The molecule has 0 aromatic heterocycles. The number of nitrogens with one attached hydrogen (secondary N) is 1. The Bertz CT molecular complexity index is 604. The van der Waals surface area contributed by atoms with Crippen molar-refractivity contribution in [1.82, 2.24) is 5.32 Å². The molecule has 0 aliphatic heterocycles. The van der Waals surface area contributed by atoms with Crippen LogP contribution in [-0.2, 0) is 0 Å². The van der Waals surface area contributed by atoms with Crippen LogP contribution in [0.3, 0.4) is 0 Å². The normalized spacial score (nSPS) is 13.2. The summed E-state index contributed by atoms with van der Waals surface area (Å²) in [5, 5.41) is 12.8. The zero-order chi connectivity index (χ0) is 15.1. The highest BCUT2D eigenvalue weighted by Crippen LogP contribution is 2.25. The van der Waals surface area contributed by atoms with Crippen molar-refractivity contribution >= 4 is 0 Å². The minimum atomic E-state index is -0.150. The summed E-state index contributed by atoms with van der Waals surface area (Å²) in [6, 6.07) is 20.3. The second-order valence-electron chi connectivity index (χ2n) is 4.96. The monoisotopic (exact) mass is 280 g/mol. The summed E-state index contributed by atoms with van der Waals surface area (Å²) >= 11 is 0. The van der Waals surface area contributed by atoms with E-state index in [0.29, 0.717) is 6.54 Å². The maximum Gasteiger partial charge on any atom is 0.123 e. The smallest absolute Gasteiger partial charge is 0.123 e. The number of methoxy groups -OCH3 is 1. The van der Waals surface area contributed by atoms with Crippen molar-refractivity contribution in [3.63, 3.8) is 0 Å². The third-order valence-electron chi connectivity index (χ3n) is 3.59. The van der Waals surface area contributed by atoms with Crippen LogP contribution in [0.25, 0.3) is 0 Å². The van der Waals surface area contributed by atoms with Crippen molar-refractivity contribution in [2.45, 2.75) is 18.9 Å². The fourth-order valence-corrected chi connectivity index (χ4v) is 2.35. The van der Waals surface area contributed by atoms with Gasteiger partial charge in [-0.15, -0.1) is 0 Å². The first-order valence-electron chi connectivity index (χ1n) is 7.07. The molecule has 0 radical (unpaired) electrons. The lowest BCUT2D eigenvalue weighted by Gasteiger charge is -2.19. The Morgan fingerprint density at radius 1 is 1.10 bits per heavy atom. The van der Waals surface area contributed by atoms with Gasteiger partial charge in [-0.1, -0.05) is 48.5 Å². The summed E-state index contributed by atoms with van der Waals surface area (Å²) in [5.74, 6) is 0.717. The second kappa shape index (κ2) is 7.47. The molecule has 0 aliphatic carbocycles. The molecular weight excluding hydrogens is 260 g/mol. The highest BCUT2D eigenvalue weighted by atomic mass is 16.5. The largest absolute Gasteiger partial charge is 0.496 e. The van der Waals surface area contributed by atoms with E-state index < -0.39 is 0 Å². The van der Waals surface area contributed by atoms with E-state index in [2.05, 4.69) is 18.3 Å². The molecule has 108 valence electrons. The maximum absolute atomic E-state index is 9.35. The summed E-state index contributed by atoms with van der Waals surface area (Å²) in [4.78, 5) is 0. The molecular formula is C18H20N2O. The predicted molar refractivity (Wildman–Crippen MR) is 84.2 cm³/mol. The molecule has 2 aromatic carbocycles. The van der Waals surface area contributed by atoms with Gasteiger partial charge in [-0.05, 0) is 18.6 Å². The Morgan fingerprint density at radius 3 is 2.43 bits per heavy atom. The number of hydrogen-bond acceptors (Lipinski definition) is 3. The van der Waals surface area contributed by atoms with Gasteiger partial charge in [0, 0.05) is 18.2 Å². The quantitative estimate of drug-likeness (QED) is 0.878. The average molecular weight is 280 g/mol. The number of para-hydroxylation sites is 1. The van der Waals surface area contributed by atoms with Gasteiger partial charge in [0.1, 0.15) is 5.75 Å². The van der Waals surface area contributed by atoms with Gasteiger partial charge in [-0.3, -0.25) is 0 Å². The Labute approximate surface area is 126 Å². The fourth-order valence-electron chi connectivity index (χ4n) is 2.35. The number of nitriles is 1. The van der Waals surface area contributed by atoms with E-state index in [0.717, 1.165) is 16.9 Å². The minimum absolute atomic E-state index is 0.126. The molecule has 2 rings (SSSR count). The van der Waals surface area contributed by atoms with Crippen LogP contribution in [-0.4, -0.2) is 13.7 Å². The van der Waals surface area contributed by atoms with Gasteiger partial charge >= 0.3 is 0 Å². The van der Waals surface area contributed by atoms with Gasteiger partial charge in [0.25, 0.3) is 0 Å². The highest BCUT2D eigenvalue weighted by molar-refractivity contribution is 5.35. The molecule has 0 bridgehead atoms. The first-order valence-corrected chi connectivity index (χ1v) is 7.07. The summed E-state index contributed by atoms with van der Waals surface area (Å²) in [6.07, 6.45) is 0. The predicted octanol–water partition coefficient (Wildman–Crippen LogP) is 3.65. The topological polar surface area (TPSA) is 45.0 Å². The van der Waals surface area contributed by atoms with Crippen molar-refractivity contribution in [1.29, 1.82) is 5.26 Å². The molecule has 0 heterocycles.